The van der Waals surface area contributed by atoms with Crippen molar-refractivity contribution in [2.75, 3.05) is 12.4 Å². The number of rotatable bonds is 5. The molecule has 0 atom stereocenters. The van der Waals surface area contributed by atoms with E-state index in [1.807, 2.05) is 0 Å². The van der Waals surface area contributed by atoms with Crippen LogP contribution in [0.3, 0.4) is 0 Å². The van der Waals surface area contributed by atoms with Crippen molar-refractivity contribution in [3.8, 4) is 0 Å². The SMILES string of the molecule is COC(=O)CCC(=O)NC(=S)Nc1cc([N+](=O)[O-])ccc1C. The summed E-state index contributed by atoms with van der Waals surface area (Å²) < 4.78 is 4.42. The number of ether oxygens (including phenoxy) is 1. The third-order valence-electron chi connectivity index (χ3n) is 2.72. The zero-order valence-electron chi connectivity index (χ0n) is 12.0. The van der Waals surface area contributed by atoms with E-state index in [0.717, 1.165) is 5.56 Å². The van der Waals surface area contributed by atoms with Gasteiger partial charge in [0.05, 0.1) is 18.5 Å². The van der Waals surface area contributed by atoms with Gasteiger partial charge in [-0.15, -0.1) is 0 Å². The minimum absolute atomic E-state index is 0.00142. The third-order valence-corrected chi connectivity index (χ3v) is 2.92. The lowest BCUT2D eigenvalue weighted by molar-refractivity contribution is -0.384. The minimum Gasteiger partial charge on any atom is -0.469 e. The van der Waals surface area contributed by atoms with Gasteiger partial charge in [0.15, 0.2) is 5.11 Å². The van der Waals surface area contributed by atoms with Crippen molar-refractivity contribution >= 4 is 40.6 Å². The Bertz CT molecular complexity index is 618. The number of esters is 1. The summed E-state index contributed by atoms with van der Waals surface area (Å²) in [5, 5.41) is 15.8. The molecule has 1 aromatic carbocycles. The van der Waals surface area contributed by atoms with Crippen molar-refractivity contribution in [2.24, 2.45) is 0 Å². The highest BCUT2D eigenvalue weighted by Crippen LogP contribution is 2.21. The lowest BCUT2D eigenvalue weighted by Gasteiger charge is -2.11. The van der Waals surface area contributed by atoms with Crippen molar-refractivity contribution in [1.29, 1.82) is 0 Å². The fraction of sp³-hybridized carbons (Fsp3) is 0.308. The van der Waals surface area contributed by atoms with Crippen LogP contribution in [0.2, 0.25) is 0 Å². The van der Waals surface area contributed by atoms with E-state index in [1.165, 1.54) is 19.2 Å². The van der Waals surface area contributed by atoms with Gasteiger partial charge in [-0.2, -0.15) is 0 Å². The van der Waals surface area contributed by atoms with Gasteiger partial charge in [0.1, 0.15) is 0 Å². The number of nitrogens with zero attached hydrogens (tertiary/aromatic N) is 1. The first kappa shape index (κ1) is 17.5. The van der Waals surface area contributed by atoms with Crippen LogP contribution in [-0.4, -0.2) is 29.0 Å². The quantitative estimate of drug-likeness (QED) is 0.366. The first-order valence-corrected chi connectivity index (χ1v) is 6.67. The molecule has 1 aromatic rings. The van der Waals surface area contributed by atoms with Crippen molar-refractivity contribution in [2.45, 2.75) is 19.8 Å². The van der Waals surface area contributed by atoms with Crippen LogP contribution in [0.5, 0.6) is 0 Å². The molecule has 2 N–H and O–H groups in total. The summed E-state index contributed by atoms with van der Waals surface area (Å²) in [7, 11) is 1.23. The molecule has 0 spiro atoms. The van der Waals surface area contributed by atoms with Gasteiger partial charge in [0.25, 0.3) is 5.69 Å². The van der Waals surface area contributed by atoms with Crippen LogP contribution in [0.25, 0.3) is 0 Å². The van der Waals surface area contributed by atoms with Crippen LogP contribution in [0.15, 0.2) is 18.2 Å². The highest BCUT2D eigenvalue weighted by Gasteiger charge is 2.12. The number of hydrogen-bond acceptors (Lipinski definition) is 6. The van der Waals surface area contributed by atoms with Crippen LogP contribution >= 0.6 is 12.2 Å². The Morgan fingerprint density at radius 3 is 2.64 bits per heavy atom. The van der Waals surface area contributed by atoms with Crippen LogP contribution in [0, 0.1) is 17.0 Å². The van der Waals surface area contributed by atoms with E-state index in [1.54, 1.807) is 13.0 Å². The van der Waals surface area contributed by atoms with E-state index >= 15 is 0 Å². The molecular weight excluding hydrogens is 310 g/mol. The van der Waals surface area contributed by atoms with E-state index in [2.05, 4.69) is 15.4 Å². The molecule has 0 fully saturated rings. The predicted molar refractivity (Wildman–Crippen MR) is 83.4 cm³/mol. The van der Waals surface area contributed by atoms with E-state index in [-0.39, 0.29) is 23.6 Å². The Kier molecular flexibility index (Phi) is 6.39. The molecule has 0 aliphatic carbocycles. The number of aryl methyl sites for hydroxylation is 1. The Labute approximate surface area is 132 Å². The second kappa shape index (κ2) is 8.03. The van der Waals surface area contributed by atoms with Crippen molar-refractivity contribution in [3.05, 3.63) is 33.9 Å². The molecule has 1 rings (SSSR count). The summed E-state index contributed by atoms with van der Waals surface area (Å²) in [6.07, 6.45) is -0.122. The molecule has 0 saturated heterocycles. The average molecular weight is 325 g/mol. The standard InChI is InChI=1S/C13H15N3O5S/c1-8-3-4-9(16(19)20)7-10(8)14-13(22)15-11(17)5-6-12(18)21-2/h3-4,7H,5-6H2,1-2H3,(H2,14,15,17,22). The van der Waals surface area contributed by atoms with Crippen molar-refractivity contribution < 1.29 is 19.2 Å². The molecule has 0 aliphatic rings. The van der Waals surface area contributed by atoms with Crippen LogP contribution in [0.4, 0.5) is 11.4 Å². The molecule has 0 radical (unpaired) electrons. The van der Waals surface area contributed by atoms with E-state index < -0.39 is 16.8 Å². The maximum absolute atomic E-state index is 11.6. The fourth-order valence-corrected chi connectivity index (χ4v) is 1.74. The van der Waals surface area contributed by atoms with Gasteiger partial charge in [0.2, 0.25) is 5.91 Å². The van der Waals surface area contributed by atoms with Gasteiger partial charge in [0, 0.05) is 24.2 Å². The molecule has 118 valence electrons. The molecule has 22 heavy (non-hydrogen) atoms. The second-order valence-corrected chi connectivity index (χ2v) is 4.74. The molecule has 0 bridgehead atoms. The second-order valence-electron chi connectivity index (χ2n) is 4.33. The lowest BCUT2D eigenvalue weighted by atomic mass is 10.2. The Morgan fingerprint density at radius 1 is 1.36 bits per heavy atom. The Balaban J connectivity index is 2.61. The number of non-ortho nitro benzene ring substituents is 1. The molecule has 0 heterocycles. The van der Waals surface area contributed by atoms with Gasteiger partial charge in [-0.05, 0) is 24.7 Å². The number of nitrogens with one attached hydrogen (secondary N) is 2. The van der Waals surface area contributed by atoms with E-state index in [9.17, 15) is 19.7 Å². The van der Waals surface area contributed by atoms with Gasteiger partial charge in [-0.1, -0.05) is 6.07 Å². The summed E-state index contributed by atoms with van der Waals surface area (Å²) in [5.41, 5.74) is 1.07. The molecule has 0 aromatic heterocycles. The molecule has 9 heteroatoms. The molecular formula is C13H15N3O5S. The molecule has 0 aliphatic heterocycles. The summed E-state index contributed by atoms with van der Waals surface area (Å²) in [5.74, 6) is -0.949. The molecule has 8 nitrogen and oxygen atoms in total. The number of methoxy groups -OCH3 is 1. The van der Waals surface area contributed by atoms with Gasteiger partial charge >= 0.3 is 5.97 Å². The number of thiocarbonyl (C=S) groups is 1. The highest BCUT2D eigenvalue weighted by atomic mass is 32.1. The third kappa shape index (κ3) is 5.44. The van der Waals surface area contributed by atoms with Crippen molar-refractivity contribution in [3.63, 3.8) is 0 Å². The Hall–Kier alpha value is -2.55. The Morgan fingerprint density at radius 2 is 2.05 bits per heavy atom. The first-order chi connectivity index (χ1) is 10.3. The predicted octanol–water partition coefficient (Wildman–Crippen LogP) is 1.67. The van der Waals surface area contributed by atoms with Gasteiger partial charge < -0.3 is 15.4 Å². The first-order valence-electron chi connectivity index (χ1n) is 6.26. The number of hydrogen-bond donors (Lipinski definition) is 2. The monoisotopic (exact) mass is 325 g/mol. The smallest absolute Gasteiger partial charge is 0.306 e. The van der Waals surface area contributed by atoms with Gasteiger partial charge in [-0.3, -0.25) is 19.7 Å². The maximum atomic E-state index is 11.6. The van der Waals surface area contributed by atoms with E-state index in [0.29, 0.717) is 5.69 Å². The zero-order chi connectivity index (χ0) is 16.7. The van der Waals surface area contributed by atoms with Crippen LogP contribution in [-0.2, 0) is 14.3 Å². The van der Waals surface area contributed by atoms with Crippen LogP contribution < -0.4 is 10.6 Å². The number of carbonyl (C=O) groups is 2. The molecule has 0 saturated carbocycles. The number of benzene rings is 1. The number of amides is 1. The zero-order valence-corrected chi connectivity index (χ0v) is 12.9. The normalized spacial score (nSPS) is 9.73. The number of carbonyl (C=O) groups excluding carboxylic acids is 2. The summed E-state index contributed by atoms with van der Waals surface area (Å²) in [6.45, 7) is 1.74. The maximum Gasteiger partial charge on any atom is 0.306 e. The molecule has 1 amide bonds. The summed E-state index contributed by atoms with van der Waals surface area (Å²) >= 11 is 4.96. The average Bonchev–Trinajstić information content (AvgIpc) is 2.46. The summed E-state index contributed by atoms with van der Waals surface area (Å²) in [6, 6.07) is 4.27. The number of nitro benzene ring substituents is 1. The molecule has 0 unspecified atom stereocenters. The lowest BCUT2D eigenvalue weighted by Crippen LogP contribution is -2.34. The number of anilines is 1. The number of nitro groups is 1. The van der Waals surface area contributed by atoms with E-state index in [4.69, 9.17) is 12.2 Å². The van der Waals surface area contributed by atoms with Crippen LogP contribution in [0.1, 0.15) is 18.4 Å². The largest absolute Gasteiger partial charge is 0.469 e. The minimum atomic E-state index is -0.525. The highest BCUT2D eigenvalue weighted by molar-refractivity contribution is 7.80. The summed E-state index contributed by atoms with van der Waals surface area (Å²) in [4.78, 5) is 32.7. The van der Waals surface area contributed by atoms with Crippen molar-refractivity contribution in [1.82, 2.24) is 5.32 Å². The van der Waals surface area contributed by atoms with Gasteiger partial charge in [-0.25, -0.2) is 0 Å². The topological polar surface area (TPSA) is 111 Å². The fourth-order valence-electron chi connectivity index (χ4n) is 1.52.